The Morgan fingerprint density at radius 2 is 1.92 bits per heavy atom. The van der Waals surface area contributed by atoms with E-state index >= 15 is 0 Å². The Morgan fingerprint density at radius 1 is 1.12 bits per heavy atom. The van der Waals surface area contributed by atoms with Gasteiger partial charge in [0, 0.05) is 12.5 Å². The monoisotopic (exact) mass is 324 g/mol. The summed E-state index contributed by atoms with van der Waals surface area (Å²) in [6.45, 7) is 4.83. The number of aromatic nitrogens is 1. The summed E-state index contributed by atoms with van der Waals surface area (Å²) < 4.78 is 10.6. The summed E-state index contributed by atoms with van der Waals surface area (Å²) in [7, 11) is 0. The number of benzene rings is 1. The van der Waals surface area contributed by atoms with Crippen LogP contribution in [0.2, 0.25) is 0 Å². The van der Waals surface area contributed by atoms with E-state index in [2.05, 4.69) is 36.3 Å². The minimum Gasteiger partial charge on any atom is -0.461 e. The Bertz CT molecular complexity index is 776. The number of nitrogens with one attached hydrogen (secondary N) is 1. The third-order valence-electron chi connectivity index (χ3n) is 4.04. The Hall–Kier alpha value is -2.82. The van der Waals surface area contributed by atoms with Gasteiger partial charge in [0.2, 0.25) is 5.76 Å². The molecule has 24 heavy (non-hydrogen) atoms. The highest BCUT2D eigenvalue weighted by atomic mass is 16.4. The average Bonchev–Trinajstić information content (AvgIpc) is 3.26. The van der Waals surface area contributed by atoms with Crippen molar-refractivity contribution >= 4 is 5.91 Å². The number of furan rings is 1. The molecular weight excluding hydrogens is 304 g/mol. The highest BCUT2D eigenvalue weighted by Gasteiger charge is 2.22. The van der Waals surface area contributed by atoms with Crippen LogP contribution in [0.3, 0.4) is 0 Å². The van der Waals surface area contributed by atoms with Crippen molar-refractivity contribution in [3.63, 3.8) is 0 Å². The van der Waals surface area contributed by atoms with Crippen molar-refractivity contribution in [1.82, 2.24) is 10.3 Å². The van der Waals surface area contributed by atoms with Gasteiger partial charge in [-0.05, 0) is 23.6 Å². The predicted molar refractivity (Wildman–Crippen MR) is 90.6 cm³/mol. The van der Waals surface area contributed by atoms with Crippen molar-refractivity contribution in [2.75, 3.05) is 6.54 Å². The molecule has 0 aliphatic heterocycles. The highest BCUT2D eigenvalue weighted by molar-refractivity contribution is 5.97. The third-order valence-corrected chi connectivity index (χ3v) is 4.04. The topological polar surface area (TPSA) is 68.3 Å². The minimum atomic E-state index is -0.267. The van der Waals surface area contributed by atoms with E-state index in [1.54, 1.807) is 12.1 Å². The maximum Gasteiger partial charge on any atom is 0.274 e. The second-order valence-electron chi connectivity index (χ2n) is 5.98. The molecule has 1 N–H and O–H groups in total. The molecule has 1 atom stereocenters. The van der Waals surface area contributed by atoms with Crippen LogP contribution in [0.5, 0.6) is 0 Å². The fraction of sp³-hybridized carbons (Fsp3) is 0.263. The van der Waals surface area contributed by atoms with E-state index in [-0.39, 0.29) is 17.5 Å². The van der Waals surface area contributed by atoms with Crippen LogP contribution in [0, 0.1) is 5.92 Å². The van der Waals surface area contributed by atoms with Gasteiger partial charge in [0.05, 0.1) is 6.26 Å². The summed E-state index contributed by atoms with van der Waals surface area (Å²) in [4.78, 5) is 16.5. The van der Waals surface area contributed by atoms with E-state index in [1.165, 1.54) is 18.2 Å². The first-order valence-corrected chi connectivity index (χ1v) is 7.97. The number of carbonyl (C=O) groups excluding carboxylic acids is 1. The Balaban J connectivity index is 1.72. The molecule has 124 valence electrons. The molecular formula is C19H20N2O3. The second-order valence-corrected chi connectivity index (χ2v) is 5.98. The lowest BCUT2D eigenvalue weighted by molar-refractivity contribution is 0.0944. The van der Waals surface area contributed by atoms with Crippen LogP contribution < -0.4 is 5.32 Å². The van der Waals surface area contributed by atoms with Gasteiger partial charge >= 0.3 is 0 Å². The molecule has 0 aliphatic rings. The molecule has 5 nitrogen and oxygen atoms in total. The van der Waals surface area contributed by atoms with Gasteiger partial charge in [-0.3, -0.25) is 4.79 Å². The van der Waals surface area contributed by atoms with Gasteiger partial charge in [0.25, 0.3) is 5.91 Å². The van der Waals surface area contributed by atoms with Crippen LogP contribution >= 0.6 is 0 Å². The normalized spacial score (nSPS) is 12.3. The van der Waals surface area contributed by atoms with Crippen molar-refractivity contribution in [2.24, 2.45) is 5.92 Å². The molecule has 1 unspecified atom stereocenters. The summed E-state index contributed by atoms with van der Waals surface area (Å²) in [6, 6.07) is 13.7. The molecule has 0 spiro atoms. The Kier molecular flexibility index (Phi) is 4.79. The van der Waals surface area contributed by atoms with E-state index < -0.39 is 0 Å². The number of nitrogens with zero attached hydrogens (tertiary/aromatic N) is 1. The molecule has 5 heteroatoms. The van der Waals surface area contributed by atoms with Crippen LogP contribution in [0.25, 0.3) is 11.5 Å². The fourth-order valence-electron chi connectivity index (χ4n) is 2.72. The Morgan fingerprint density at radius 3 is 2.58 bits per heavy atom. The van der Waals surface area contributed by atoms with Gasteiger partial charge in [-0.15, -0.1) is 0 Å². The van der Waals surface area contributed by atoms with Gasteiger partial charge < -0.3 is 14.2 Å². The smallest absolute Gasteiger partial charge is 0.274 e. The van der Waals surface area contributed by atoms with Crippen molar-refractivity contribution < 1.29 is 13.6 Å². The molecule has 3 aromatic rings. The molecule has 0 radical (unpaired) electrons. The van der Waals surface area contributed by atoms with Gasteiger partial charge in [-0.1, -0.05) is 44.2 Å². The van der Waals surface area contributed by atoms with Crippen LogP contribution in [0.15, 0.2) is 64.0 Å². The number of rotatable bonds is 6. The zero-order valence-electron chi connectivity index (χ0n) is 13.7. The standard InChI is InChI=1S/C19H20N2O3/c1-13(2)15(14-7-4-3-5-8-14)11-20-19(22)17-18(24-12-21-17)16-9-6-10-23-16/h3-10,12-13,15H,11H2,1-2H3,(H,20,22). The minimum absolute atomic E-state index is 0.231. The second kappa shape index (κ2) is 7.17. The maximum absolute atomic E-state index is 12.5. The van der Waals surface area contributed by atoms with E-state index in [4.69, 9.17) is 8.83 Å². The van der Waals surface area contributed by atoms with Crippen molar-refractivity contribution in [1.29, 1.82) is 0 Å². The molecule has 0 saturated heterocycles. The first kappa shape index (κ1) is 16.1. The number of oxazole rings is 1. The highest BCUT2D eigenvalue weighted by Crippen LogP contribution is 2.25. The quantitative estimate of drug-likeness (QED) is 0.741. The molecule has 3 rings (SSSR count). The van der Waals surface area contributed by atoms with E-state index in [0.717, 1.165) is 0 Å². The van der Waals surface area contributed by atoms with Gasteiger partial charge in [-0.25, -0.2) is 4.98 Å². The van der Waals surface area contributed by atoms with Crippen molar-refractivity contribution in [2.45, 2.75) is 19.8 Å². The van der Waals surface area contributed by atoms with E-state index in [0.29, 0.717) is 24.0 Å². The maximum atomic E-state index is 12.5. The van der Waals surface area contributed by atoms with Gasteiger partial charge in [0.15, 0.2) is 17.8 Å². The van der Waals surface area contributed by atoms with E-state index in [9.17, 15) is 4.79 Å². The van der Waals surface area contributed by atoms with Gasteiger partial charge in [-0.2, -0.15) is 0 Å². The molecule has 2 heterocycles. The Labute approximate surface area is 140 Å². The predicted octanol–water partition coefficient (Wildman–Crippen LogP) is 4.10. The first-order chi connectivity index (χ1) is 11.7. The summed E-state index contributed by atoms with van der Waals surface area (Å²) in [6.07, 6.45) is 2.79. The zero-order chi connectivity index (χ0) is 16.9. The molecule has 1 amide bonds. The van der Waals surface area contributed by atoms with Crippen molar-refractivity contribution in [3.05, 3.63) is 66.4 Å². The SMILES string of the molecule is CC(C)C(CNC(=O)c1ncoc1-c1ccco1)c1ccccc1. The molecule has 0 bridgehead atoms. The molecule has 1 aromatic carbocycles. The van der Waals surface area contributed by atoms with Crippen molar-refractivity contribution in [3.8, 4) is 11.5 Å². The largest absolute Gasteiger partial charge is 0.461 e. The lowest BCUT2D eigenvalue weighted by Crippen LogP contribution is -2.30. The van der Waals surface area contributed by atoms with Crippen LogP contribution in [0.1, 0.15) is 35.8 Å². The summed E-state index contributed by atoms with van der Waals surface area (Å²) >= 11 is 0. The summed E-state index contributed by atoms with van der Waals surface area (Å²) in [5.74, 6) is 1.19. The van der Waals surface area contributed by atoms with Crippen LogP contribution in [-0.2, 0) is 0 Å². The number of hydrogen-bond donors (Lipinski definition) is 1. The number of amides is 1. The average molecular weight is 324 g/mol. The summed E-state index contributed by atoms with van der Waals surface area (Å²) in [5.41, 5.74) is 1.44. The number of carbonyl (C=O) groups is 1. The first-order valence-electron chi connectivity index (χ1n) is 7.97. The lowest BCUT2D eigenvalue weighted by Gasteiger charge is -2.21. The van der Waals surface area contributed by atoms with Gasteiger partial charge in [0.1, 0.15) is 0 Å². The fourth-order valence-corrected chi connectivity index (χ4v) is 2.72. The zero-order valence-corrected chi connectivity index (χ0v) is 13.7. The lowest BCUT2D eigenvalue weighted by atomic mass is 9.88. The molecule has 0 fully saturated rings. The number of hydrogen-bond acceptors (Lipinski definition) is 4. The molecule has 2 aromatic heterocycles. The van der Waals surface area contributed by atoms with Crippen LogP contribution in [-0.4, -0.2) is 17.4 Å². The molecule has 0 saturated carbocycles. The molecule has 0 aliphatic carbocycles. The third kappa shape index (κ3) is 3.40. The van der Waals surface area contributed by atoms with E-state index in [1.807, 2.05) is 18.2 Å². The summed E-state index contributed by atoms with van der Waals surface area (Å²) in [5, 5.41) is 2.96. The van der Waals surface area contributed by atoms with Crippen LogP contribution in [0.4, 0.5) is 0 Å².